The second-order valence-corrected chi connectivity index (χ2v) is 6.03. The number of nitrogens with zero attached hydrogens (tertiary/aromatic N) is 2. The van der Waals surface area contributed by atoms with E-state index in [0.717, 1.165) is 9.35 Å². The number of rotatable bonds is 3. The molecule has 90 valence electrons. The Balaban J connectivity index is 2.05. The molecule has 0 saturated carbocycles. The van der Waals surface area contributed by atoms with E-state index in [0.29, 0.717) is 18.0 Å². The summed E-state index contributed by atoms with van der Waals surface area (Å²) >= 11 is 5.00. The molecule has 0 aromatic carbocycles. The molecule has 0 aliphatic carbocycles. The van der Waals surface area contributed by atoms with Gasteiger partial charge >= 0.3 is 0 Å². The Morgan fingerprint density at radius 3 is 2.88 bits per heavy atom. The molecule has 0 fully saturated rings. The molecule has 0 spiro atoms. The highest BCUT2D eigenvalue weighted by Gasteiger charge is 2.16. The van der Waals surface area contributed by atoms with Gasteiger partial charge in [-0.05, 0) is 39.9 Å². The highest BCUT2D eigenvalue weighted by atomic mass is 79.9. The first-order valence-corrected chi connectivity index (χ1v) is 6.65. The zero-order valence-corrected chi connectivity index (χ0v) is 11.8. The summed E-state index contributed by atoms with van der Waals surface area (Å²) in [4.78, 5) is 13.6. The summed E-state index contributed by atoms with van der Waals surface area (Å²) in [5.74, 6) is 0.504. The van der Waals surface area contributed by atoms with E-state index in [1.54, 1.807) is 36.3 Å². The van der Waals surface area contributed by atoms with E-state index < -0.39 is 0 Å². The molecule has 0 unspecified atom stereocenters. The minimum Gasteiger partial charge on any atom is -0.361 e. The number of thiophene rings is 1. The van der Waals surface area contributed by atoms with Crippen LogP contribution in [-0.2, 0) is 6.54 Å². The van der Waals surface area contributed by atoms with Gasteiger partial charge in [0.05, 0.1) is 3.79 Å². The number of carbonyl (C=O) groups is 1. The first kappa shape index (κ1) is 12.3. The normalized spacial score (nSPS) is 10.5. The Bertz CT molecular complexity index is 535. The summed E-state index contributed by atoms with van der Waals surface area (Å²) in [5.41, 5.74) is 1.44. The summed E-state index contributed by atoms with van der Waals surface area (Å²) in [6.45, 7) is 2.33. The van der Waals surface area contributed by atoms with Crippen LogP contribution in [0, 0.1) is 6.92 Å². The van der Waals surface area contributed by atoms with Crippen LogP contribution in [0.3, 0.4) is 0 Å². The summed E-state index contributed by atoms with van der Waals surface area (Å²) in [6.07, 6.45) is 0. The fourth-order valence-electron chi connectivity index (χ4n) is 1.44. The highest BCUT2D eigenvalue weighted by molar-refractivity contribution is 9.11. The molecule has 6 heteroatoms. The number of carbonyl (C=O) groups excluding carboxylic acids is 1. The van der Waals surface area contributed by atoms with Gasteiger partial charge in [-0.2, -0.15) is 0 Å². The molecule has 0 radical (unpaired) electrons. The number of hydrogen-bond acceptors (Lipinski definition) is 4. The zero-order chi connectivity index (χ0) is 12.4. The lowest BCUT2D eigenvalue weighted by atomic mass is 10.3. The van der Waals surface area contributed by atoms with E-state index in [4.69, 9.17) is 4.52 Å². The van der Waals surface area contributed by atoms with E-state index in [2.05, 4.69) is 21.1 Å². The Labute approximate surface area is 111 Å². The molecular formula is C11H11BrN2O2S. The smallest absolute Gasteiger partial charge is 0.276 e. The van der Waals surface area contributed by atoms with Crippen LogP contribution in [0.4, 0.5) is 0 Å². The summed E-state index contributed by atoms with van der Waals surface area (Å²) in [7, 11) is 1.75. The molecule has 4 nitrogen and oxygen atoms in total. The third kappa shape index (κ3) is 2.95. The molecule has 2 aromatic rings. The molecule has 0 bridgehead atoms. The standard InChI is InChI=1S/C11H11BrN2O2S/c1-7-3-9(13-16-7)11(15)14(2)5-8-4-10(12)17-6-8/h3-4,6H,5H2,1-2H3. The van der Waals surface area contributed by atoms with Crippen LogP contribution >= 0.6 is 27.3 Å². The van der Waals surface area contributed by atoms with E-state index in [1.807, 2.05) is 11.4 Å². The summed E-state index contributed by atoms with van der Waals surface area (Å²) < 4.78 is 5.95. The van der Waals surface area contributed by atoms with E-state index in [9.17, 15) is 4.79 Å². The molecule has 0 atom stereocenters. The Kier molecular flexibility index (Phi) is 3.63. The molecule has 2 aromatic heterocycles. The van der Waals surface area contributed by atoms with Gasteiger partial charge < -0.3 is 9.42 Å². The number of hydrogen-bond donors (Lipinski definition) is 0. The van der Waals surface area contributed by atoms with Crippen LogP contribution in [0.1, 0.15) is 21.8 Å². The van der Waals surface area contributed by atoms with Crippen LogP contribution in [0.2, 0.25) is 0 Å². The predicted octanol–water partition coefficient (Wildman–Crippen LogP) is 3.08. The maximum atomic E-state index is 12.0. The monoisotopic (exact) mass is 314 g/mol. The van der Waals surface area contributed by atoms with E-state index in [1.165, 1.54) is 0 Å². The van der Waals surface area contributed by atoms with Gasteiger partial charge in [0.2, 0.25) is 0 Å². The maximum Gasteiger partial charge on any atom is 0.276 e. The van der Waals surface area contributed by atoms with Crippen LogP contribution in [0.25, 0.3) is 0 Å². The molecule has 0 aliphatic heterocycles. The van der Waals surface area contributed by atoms with Crippen molar-refractivity contribution >= 4 is 33.2 Å². The van der Waals surface area contributed by atoms with Crippen molar-refractivity contribution in [2.75, 3.05) is 7.05 Å². The molecule has 17 heavy (non-hydrogen) atoms. The Morgan fingerprint density at radius 2 is 2.35 bits per heavy atom. The van der Waals surface area contributed by atoms with E-state index in [-0.39, 0.29) is 5.91 Å². The Morgan fingerprint density at radius 1 is 1.59 bits per heavy atom. The summed E-state index contributed by atoms with van der Waals surface area (Å²) in [6, 6.07) is 3.64. The molecule has 1 amide bonds. The lowest BCUT2D eigenvalue weighted by Gasteiger charge is -2.14. The van der Waals surface area contributed by atoms with Gasteiger partial charge in [0.25, 0.3) is 5.91 Å². The van der Waals surface area contributed by atoms with Crippen LogP contribution in [-0.4, -0.2) is 23.0 Å². The van der Waals surface area contributed by atoms with Crippen LogP contribution in [0.15, 0.2) is 25.8 Å². The largest absolute Gasteiger partial charge is 0.361 e. The lowest BCUT2D eigenvalue weighted by Crippen LogP contribution is -2.26. The molecule has 0 N–H and O–H groups in total. The van der Waals surface area contributed by atoms with Crippen molar-refractivity contribution in [3.63, 3.8) is 0 Å². The van der Waals surface area contributed by atoms with Gasteiger partial charge in [0, 0.05) is 19.7 Å². The van der Waals surface area contributed by atoms with Gasteiger partial charge in [0.15, 0.2) is 5.69 Å². The molecule has 0 saturated heterocycles. The predicted molar refractivity (Wildman–Crippen MR) is 69.1 cm³/mol. The molecule has 2 heterocycles. The lowest BCUT2D eigenvalue weighted by molar-refractivity contribution is 0.0775. The summed E-state index contributed by atoms with van der Waals surface area (Å²) in [5, 5.41) is 5.73. The van der Waals surface area contributed by atoms with Crippen molar-refractivity contribution in [3.8, 4) is 0 Å². The first-order valence-electron chi connectivity index (χ1n) is 4.98. The molecule has 2 rings (SSSR count). The number of halogens is 1. The maximum absolute atomic E-state index is 12.0. The van der Waals surface area contributed by atoms with Crippen molar-refractivity contribution in [3.05, 3.63) is 38.3 Å². The van der Waals surface area contributed by atoms with E-state index >= 15 is 0 Å². The highest BCUT2D eigenvalue weighted by Crippen LogP contribution is 2.21. The second kappa shape index (κ2) is 5.01. The van der Waals surface area contributed by atoms with Crippen molar-refractivity contribution < 1.29 is 9.32 Å². The number of aryl methyl sites for hydroxylation is 1. The third-order valence-electron chi connectivity index (χ3n) is 2.24. The average molecular weight is 315 g/mol. The number of amides is 1. The van der Waals surface area contributed by atoms with Gasteiger partial charge in [0.1, 0.15) is 5.76 Å². The van der Waals surface area contributed by atoms with Gasteiger partial charge in [-0.1, -0.05) is 5.16 Å². The fraction of sp³-hybridized carbons (Fsp3) is 0.273. The third-order valence-corrected chi connectivity index (χ3v) is 3.79. The van der Waals surface area contributed by atoms with Crippen molar-refractivity contribution in [1.82, 2.24) is 10.1 Å². The second-order valence-electron chi connectivity index (χ2n) is 3.74. The van der Waals surface area contributed by atoms with Gasteiger partial charge in [-0.3, -0.25) is 4.79 Å². The van der Waals surface area contributed by atoms with Gasteiger partial charge in [-0.15, -0.1) is 11.3 Å². The minimum absolute atomic E-state index is 0.135. The molecule has 0 aliphatic rings. The Hall–Kier alpha value is -1.14. The van der Waals surface area contributed by atoms with Crippen molar-refractivity contribution in [2.45, 2.75) is 13.5 Å². The topological polar surface area (TPSA) is 46.3 Å². The van der Waals surface area contributed by atoms with Crippen molar-refractivity contribution in [2.24, 2.45) is 0 Å². The average Bonchev–Trinajstić information content (AvgIpc) is 2.87. The zero-order valence-electron chi connectivity index (χ0n) is 9.44. The fourth-order valence-corrected chi connectivity index (χ4v) is 2.64. The van der Waals surface area contributed by atoms with Crippen molar-refractivity contribution in [1.29, 1.82) is 0 Å². The SMILES string of the molecule is Cc1cc(C(=O)N(C)Cc2csc(Br)c2)no1. The quantitative estimate of drug-likeness (QED) is 0.874. The van der Waals surface area contributed by atoms with Gasteiger partial charge in [-0.25, -0.2) is 0 Å². The van der Waals surface area contributed by atoms with Crippen LogP contribution < -0.4 is 0 Å². The minimum atomic E-state index is -0.135. The molecular weight excluding hydrogens is 304 g/mol. The number of aromatic nitrogens is 1. The van der Waals surface area contributed by atoms with Crippen LogP contribution in [0.5, 0.6) is 0 Å². The first-order chi connectivity index (χ1) is 8.06.